The third-order valence-corrected chi connectivity index (χ3v) is 12.0. The van der Waals surface area contributed by atoms with Gasteiger partial charge in [0, 0.05) is 39.0 Å². The number of aromatic nitrogens is 4. The van der Waals surface area contributed by atoms with Gasteiger partial charge in [-0.2, -0.15) is 0 Å². The molecule has 5 heteroatoms. The molecule has 0 radical (unpaired) electrons. The first-order valence-electron chi connectivity index (χ1n) is 19.6. The molecule has 1 spiro atoms. The van der Waals surface area contributed by atoms with Crippen molar-refractivity contribution in [3.05, 3.63) is 209 Å². The van der Waals surface area contributed by atoms with E-state index in [2.05, 4.69) is 150 Å². The second-order valence-electron chi connectivity index (χ2n) is 15.0. The van der Waals surface area contributed by atoms with E-state index in [0.29, 0.717) is 17.5 Å². The lowest BCUT2D eigenvalue weighted by molar-refractivity contribution is 0.437. The van der Waals surface area contributed by atoms with E-state index in [1.54, 1.807) is 0 Å². The van der Waals surface area contributed by atoms with Gasteiger partial charge in [-0.05, 0) is 89.2 Å². The van der Waals surface area contributed by atoms with Gasteiger partial charge in [0.25, 0.3) is 0 Å². The summed E-state index contributed by atoms with van der Waals surface area (Å²) in [5.74, 6) is 3.35. The molecule has 0 fully saturated rings. The van der Waals surface area contributed by atoms with E-state index < -0.39 is 5.41 Å². The lowest BCUT2D eigenvalue weighted by Gasteiger charge is -2.39. The molecule has 7 aromatic carbocycles. The highest BCUT2D eigenvalue weighted by Gasteiger charge is 2.51. The molecule has 1 aliphatic heterocycles. The summed E-state index contributed by atoms with van der Waals surface area (Å²) >= 11 is 0. The molecule has 0 unspecified atom stereocenters. The third kappa shape index (κ3) is 4.60. The molecular weight excluding hydrogens is 697 g/mol. The minimum absolute atomic E-state index is 0.560. The van der Waals surface area contributed by atoms with Gasteiger partial charge < -0.3 is 9.30 Å². The summed E-state index contributed by atoms with van der Waals surface area (Å²) in [7, 11) is 0. The van der Waals surface area contributed by atoms with Gasteiger partial charge in [0.1, 0.15) is 11.5 Å². The smallest absolute Gasteiger partial charge is 0.167 e. The Bertz CT molecular complexity index is 3060. The van der Waals surface area contributed by atoms with E-state index in [-0.39, 0.29) is 0 Å². The van der Waals surface area contributed by atoms with Crippen LogP contribution in [0.15, 0.2) is 176 Å². The minimum atomic E-state index is -0.585. The molecule has 0 N–H and O–H groups in total. The first-order valence-corrected chi connectivity index (χ1v) is 19.6. The average Bonchev–Trinajstić information content (AvgIpc) is 3.78. The van der Waals surface area contributed by atoms with E-state index in [0.717, 1.165) is 57.8 Å². The Balaban J connectivity index is 1.05. The fourth-order valence-electron chi connectivity index (χ4n) is 9.62. The molecule has 268 valence electrons. The molecule has 2 aromatic heterocycles. The van der Waals surface area contributed by atoms with Gasteiger partial charge in [-0.1, -0.05) is 133 Å². The molecule has 5 nitrogen and oxygen atoms in total. The summed E-state index contributed by atoms with van der Waals surface area (Å²) in [5.41, 5.74) is 14.2. The van der Waals surface area contributed by atoms with Gasteiger partial charge in [-0.25, -0.2) is 15.0 Å². The van der Waals surface area contributed by atoms with Crippen molar-refractivity contribution < 1.29 is 4.74 Å². The quantitative estimate of drug-likeness (QED) is 0.181. The molecule has 9 aromatic rings. The van der Waals surface area contributed by atoms with Crippen molar-refractivity contribution in [3.8, 4) is 62.5 Å². The predicted molar refractivity (Wildman–Crippen MR) is 228 cm³/mol. The van der Waals surface area contributed by atoms with Gasteiger partial charge in [-0.3, -0.25) is 0 Å². The van der Waals surface area contributed by atoms with E-state index >= 15 is 0 Å². The van der Waals surface area contributed by atoms with Crippen LogP contribution in [0.1, 0.15) is 39.9 Å². The number of para-hydroxylation sites is 3. The van der Waals surface area contributed by atoms with Gasteiger partial charge in [0.2, 0.25) is 0 Å². The molecule has 2 aliphatic carbocycles. The molecule has 3 heterocycles. The molecular formula is C52H34N4O. The van der Waals surface area contributed by atoms with E-state index in [4.69, 9.17) is 19.7 Å². The summed E-state index contributed by atoms with van der Waals surface area (Å²) in [4.78, 5) is 15.6. The van der Waals surface area contributed by atoms with Crippen molar-refractivity contribution in [2.75, 3.05) is 0 Å². The summed E-state index contributed by atoms with van der Waals surface area (Å²) in [6.45, 7) is 0. The van der Waals surface area contributed by atoms with Crippen LogP contribution in [0.3, 0.4) is 0 Å². The van der Waals surface area contributed by atoms with Crippen LogP contribution >= 0.6 is 0 Å². The maximum atomic E-state index is 7.00. The van der Waals surface area contributed by atoms with Crippen molar-refractivity contribution in [1.29, 1.82) is 0 Å². The Morgan fingerprint density at radius 1 is 0.491 bits per heavy atom. The zero-order valence-electron chi connectivity index (χ0n) is 30.9. The molecule has 0 amide bonds. The fraction of sp³-hybridized carbons (Fsp3) is 0.0577. The predicted octanol–water partition coefficient (Wildman–Crippen LogP) is 12.2. The first kappa shape index (κ1) is 31.9. The first-order chi connectivity index (χ1) is 28.3. The van der Waals surface area contributed by atoms with Gasteiger partial charge >= 0.3 is 0 Å². The molecule has 0 saturated heterocycles. The number of nitrogens with zero attached hydrogens (tertiary/aromatic N) is 4. The van der Waals surface area contributed by atoms with Gasteiger partial charge in [-0.15, -0.1) is 0 Å². The van der Waals surface area contributed by atoms with Crippen molar-refractivity contribution in [2.45, 2.75) is 18.3 Å². The Morgan fingerprint density at radius 3 is 1.86 bits per heavy atom. The topological polar surface area (TPSA) is 52.8 Å². The maximum absolute atomic E-state index is 7.00. The van der Waals surface area contributed by atoms with Crippen molar-refractivity contribution >= 4 is 17.0 Å². The molecule has 0 atom stereocenters. The lowest BCUT2D eigenvalue weighted by Crippen LogP contribution is -2.32. The van der Waals surface area contributed by atoms with Crippen LogP contribution in [0, 0.1) is 0 Å². The number of fused-ring (bicyclic) bond motifs is 12. The van der Waals surface area contributed by atoms with Crippen LogP contribution in [0.5, 0.6) is 11.5 Å². The number of benzene rings is 7. The standard InChI is InChI=1S/C52H34N4O/c1-2-15-33(16-3-1)49-53-50(34-29-31-35(32-30-34)56-45-26-11-6-19-38(45)39-20-7-12-27-46(39)56)55-51(54-49)40-21-14-25-44-48(40)57-47-28-13-10-24-43(47)52(44)41-22-8-4-17-36(41)37-18-5-9-23-42(37)52/h1-6,8-19,21-32H,7,20H2. The number of allylic oxidation sites excluding steroid dienone is 1. The molecule has 0 saturated carbocycles. The highest BCUT2D eigenvalue weighted by atomic mass is 16.5. The van der Waals surface area contributed by atoms with Gasteiger partial charge in [0.05, 0.1) is 16.5 Å². The van der Waals surface area contributed by atoms with Crippen LogP contribution in [0.25, 0.3) is 68.0 Å². The summed E-state index contributed by atoms with van der Waals surface area (Å²) in [6, 6.07) is 59.9. The van der Waals surface area contributed by atoms with E-state index in [1.165, 1.54) is 44.4 Å². The summed E-state index contributed by atoms with van der Waals surface area (Å²) in [5, 5.41) is 1.32. The van der Waals surface area contributed by atoms with E-state index in [9.17, 15) is 0 Å². The third-order valence-electron chi connectivity index (χ3n) is 12.0. The molecule has 12 rings (SSSR count). The second-order valence-corrected chi connectivity index (χ2v) is 15.0. The normalized spacial score (nSPS) is 14.0. The zero-order chi connectivity index (χ0) is 37.5. The average molecular weight is 731 g/mol. The maximum Gasteiger partial charge on any atom is 0.167 e. The number of ether oxygens (including phenoxy) is 1. The molecule has 3 aliphatic rings. The van der Waals surface area contributed by atoms with Crippen molar-refractivity contribution in [3.63, 3.8) is 0 Å². The second kappa shape index (κ2) is 12.3. The Labute approximate surface area is 330 Å². The van der Waals surface area contributed by atoms with E-state index in [1.807, 2.05) is 36.4 Å². The number of hydrogen-bond acceptors (Lipinski definition) is 4. The molecule has 57 heavy (non-hydrogen) atoms. The Hall–Kier alpha value is -7.37. The van der Waals surface area contributed by atoms with Crippen LogP contribution in [0.2, 0.25) is 0 Å². The van der Waals surface area contributed by atoms with Crippen LogP contribution in [-0.4, -0.2) is 19.5 Å². The van der Waals surface area contributed by atoms with Gasteiger partial charge in [0.15, 0.2) is 17.5 Å². The lowest BCUT2D eigenvalue weighted by atomic mass is 9.66. The number of rotatable bonds is 4. The SMILES string of the molecule is C1=Cc2c(c3ccccc3n2-c2ccc(-c3nc(-c4ccccc4)nc(-c4cccc5c4Oc4ccccc4C54c5ccccc5-c5ccccc54)n3)cc2)CC1. The Morgan fingerprint density at radius 2 is 1.09 bits per heavy atom. The number of aryl methyl sites for hydroxylation is 1. The number of hydrogen-bond donors (Lipinski definition) is 0. The van der Waals surface area contributed by atoms with Crippen LogP contribution in [0.4, 0.5) is 0 Å². The van der Waals surface area contributed by atoms with Crippen LogP contribution in [-0.2, 0) is 11.8 Å². The zero-order valence-corrected chi connectivity index (χ0v) is 30.9. The van der Waals surface area contributed by atoms with Crippen molar-refractivity contribution in [2.24, 2.45) is 0 Å². The van der Waals surface area contributed by atoms with Crippen molar-refractivity contribution in [1.82, 2.24) is 19.5 Å². The Kier molecular flexibility index (Phi) is 6.90. The molecule has 0 bridgehead atoms. The monoisotopic (exact) mass is 730 g/mol. The summed E-state index contributed by atoms with van der Waals surface area (Å²) < 4.78 is 9.37. The fourth-order valence-corrected chi connectivity index (χ4v) is 9.62. The minimum Gasteiger partial charge on any atom is -0.456 e. The highest BCUT2D eigenvalue weighted by molar-refractivity contribution is 5.92. The highest BCUT2D eigenvalue weighted by Crippen LogP contribution is 2.63. The van der Waals surface area contributed by atoms with Crippen LogP contribution < -0.4 is 4.74 Å². The largest absolute Gasteiger partial charge is 0.456 e. The summed E-state index contributed by atoms with van der Waals surface area (Å²) in [6.07, 6.45) is 6.66.